The second kappa shape index (κ2) is 5.47. The summed E-state index contributed by atoms with van der Waals surface area (Å²) in [6.07, 6.45) is 0.172. The van der Waals surface area contributed by atoms with Crippen LogP contribution in [0.1, 0.15) is 32.8 Å². The number of hydrogen-bond acceptors (Lipinski definition) is 2. The Morgan fingerprint density at radius 3 is 2.57 bits per heavy atom. The predicted molar refractivity (Wildman–Crippen MR) is 79.5 cm³/mol. The fourth-order valence-electron chi connectivity index (χ4n) is 2.43. The number of nitrogens with zero attached hydrogens (tertiary/aromatic N) is 1. The van der Waals surface area contributed by atoms with Gasteiger partial charge in [-0.15, -0.1) is 0 Å². The number of nitrogens with one attached hydrogen (secondary N) is 1. The fraction of sp³-hybridized carbons (Fsp3) is 0.500. The second-order valence-corrected chi connectivity index (χ2v) is 6.56. The molecule has 1 unspecified atom stereocenters. The summed E-state index contributed by atoms with van der Waals surface area (Å²) in [7, 11) is 0. The molecular weight excluding hydrogens is 271 g/mol. The van der Waals surface area contributed by atoms with Gasteiger partial charge >= 0.3 is 0 Å². The van der Waals surface area contributed by atoms with E-state index in [0.717, 1.165) is 5.56 Å². The molecule has 0 aliphatic carbocycles. The number of carbonyl (C=O) groups excluding carboxylic acids is 2. The van der Waals surface area contributed by atoms with E-state index in [-0.39, 0.29) is 30.5 Å². The van der Waals surface area contributed by atoms with Gasteiger partial charge in [0.2, 0.25) is 11.8 Å². The van der Waals surface area contributed by atoms with Crippen molar-refractivity contribution in [3.63, 3.8) is 0 Å². The third-order valence-electron chi connectivity index (χ3n) is 3.64. The van der Waals surface area contributed by atoms with E-state index >= 15 is 0 Å². The smallest absolute Gasteiger partial charge is 0.250 e. The van der Waals surface area contributed by atoms with Crippen LogP contribution in [0.4, 0.5) is 10.1 Å². The number of hydrogen-bond donors (Lipinski definition) is 1. The molecule has 4 nitrogen and oxygen atoms in total. The Labute approximate surface area is 124 Å². The molecule has 1 aliphatic rings. The third-order valence-corrected chi connectivity index (χ3v) is 3.64. The molecule has 1 aliphatic heterocycles. The Bertz CT molecular complexity index is 578. The van der Waals surface area contributed by atoms with Gasteiger partial charge in [0, 0.05) is 13.0 Å². The quantitative estimate of drug-likeness (QED) is 0.864. The van der Waals surface area contributed by atoms with Crippen molar-refractivity contribution in [3.8, 4) is 0 Å². The zero-order chi connectivity index (χ0) is 15.8. The lowest BCUT2D eigenvalue weighted by Gasteiger charge is -2.32. The lowest BCUT2D eigenvalue weighted by atomic mass is 9.86. The van der Waals surface area contributed by atoms with E-state index in [9.17, 15) is 14.0 Å². The number of halogens is 1. The first-order valence-corrected chi connectivity index (χ1v) is 7.07. The molecule has 1 aromatic rings. The van der Waals surface area contributed by atoms with Crippen molar-refractivity contribution in [2.45, 2.75) is 40.2 Å². The number of aryl methyl sites for hydroxylation is 1. The minimum Gasteiger partial charge on any atom is -0.344 e. The van der Waals surface area contributed by atoms with Crippen molar-refractivity contribution in [1.29, 1.82) is 0 Å². The molecule has 1 heterocycles. The topological polar surface area (TPSA) is 49.4 Å². The lowest BCUT2D eigenvalue weighted by molar-refractivity contribution is -0.127. The minimum atomic E-state index is -0.660. The van der Waals surface area contributed by atoms with Crippen molar-refractivity contribution in [3.05, 3.63) is 29.6 Å². The largest absolute Gasteiger partial charge is 0.344 e. The zero-order valence-corrected chi connectivity index (χ0v) is 12.9. The number of carbonyl (C=O) groups is 2. The molecule has 1 aromatic carbocycles. The molecule has 2 rings (SSSR count). The Hall–Kier alpha value is -1.91. The normalized spacial score (nSPS) is 20.2. The summed E-state index contributed by atoms with van der Waals surface area (Å²) in [4.78, 5) is 26.0. The van der Waals surface area contributed by atoms with E-state index in [1.165, 1.54) is 11.0 Å². The molecule has 1 atom stereocenters. The average Bonchev–Trinajstić information content (AvgIpc) is 2.52. The van der Waals surface area contributed by atoms with E-state index in [0.29, 0.717) is 0 Å². The Balaban J connectivity index is 2.45. The van der Waals surface area contributed by atoms with Crippen molar-refractivity contribution < 1.29 is 14.0 Å². The number of rotatable bonds is 1. The molecule has 0 spiro atoms. The Kier molecular flexibility index (Phi) is 4.03. The lowest BCUT2D eigenvalue weighted by Crippen LogP contribution is -2.52. The zero-order valence-electron chi connectivity index (χ0n) is 12.9. The number of amides is 2. The molecule has 1 N–H and O–H groups in total. The van der Waals surface area contributed by atoms with Gasteiger partial charge in [-0.3, -0.25) is 9.59 Å². The summed E-state index contributed by atoms with van der Waals surface area (Å²) in [5.74, 6) is -0.896. The van der Waals surface area contributed by atoms with Crippen molar-refractivity contribution in [1.82, 2.24) is 5.32 Å². The van der Waals surface area contributed by atoms with Crippen LogP contribution < -0.4 is 10.2 Å². The maximum atomic E-state index is 14.1. The highest BCUT2D eigenvalue weighted by Crippen LogP contribution is 2.28. The third kappa shape index (κ3) is 3.23. The van der Waals surface area contributed by atoms with Crippen LogP contribution in [0.25, 0.3) is 0 Å². The van der Waals surface area contributed by atoms with Gasteiger partial charge in [-0.05, 0) is 30.0 Å². The molecule has 0 bridgehead atoms. The minimum absolute atomic E-state index is 0.172. The maximum Gasteiger partial charge on any atom is 0.250 e. The SMILES string of the molecule is Cc1ccc(F)c(N2CCC(=O)NC(C(C)(C)C)C2=O)c1. The molecule has 0 radical (unpaired) electrons. The summed E-state index contributed by atoms with van der Waals surface area (Å²) in [6.45, 7) is 7.68. The molecule has 5 heteroatoms. The van der Waals surface area contributed by atoms with E-state index in [4.69, 9.17) is 0 Å². The highest BCUT2D eigenvalue weighted by atomic mass is 19.1. The van der Waals surface area contributed by atoms with Crippen molar-refractivity contribution >= 4 is 17.5 Å². The first-order valence-electron chi connectivity index (χ1n) is 7.07. The molecule has 0 aromatic heterocycles. The molecule has 0 saturated carbocycles. The van der Waals surface area contributed by atoms with Gasteiger partial charge in [0.05, 0.1) is 5.69 Å². The van der Waals surface area contributed by atoms with Gasteiger partial charge in [0.25, 0.3) is 0 Å². The number of benzene rings is 1. The first kappa shape index (κ1) is 15.5. The maximum absolute atomic E-state index is 14.1. The van der Waals surface area contributed by atoms with E-state index in [1.54, 1.807) is 12.1 Å². The molecule has 114 valence electrons. The van der Waals surface area contributed by atoms with Crippen LogP contribution in [0.15, 0.2) is 18.2 Å². The standard InChI is InChI=1S/C16H21FN2O2/c1-10-5-6-11(17)12(9-10)19-8-7-13(20)18-14(15(19)21)16(2,3)4/h5-6,9,14H,7-8H2,1-4H3,(H,18,20). The average molecular weight is 292 g/mol. The van der Waals surface area contributed by atoms with E-state index in [1.807, 2.05) is 27.7 Å². The Morgan fingerprint density at radius 1 is 1.29 bits per heavy atom. The molecule has 1 fully saturated rings. The predicted octanol–water partition coefficient (Wildman–Crippen LogP) is 2.40. The van der Waals surface area contributed by atoms with Crippen molar-refractivity contribution in [2.75, 3.05) is 11.4 Å². The van der Waals surface area contributed by atoms with Gasteiger partial charge in [-0.2, -0.15) is 0 Å². The van der Waals surface area contributed by atoms with Gasteiger partial charge < -0.3 is 10.2 Å². The summed E-state index contributed by atoms with van der Waals surface area (Å²) >= 11 is 0. The van der Waals surface area contributed by atoms with Gasteiger partial charge in [-0.1, -0.05) is 26.8 Å². The van der Waals surface area contributed by atoms with Crippen LogP contribution in [-0.4, -0.2) is 24.4 Å². The van der Waals surface area contributed by atoms with Crippen LogP contribution in [0.5, 0.6) is 0 Å². The summed E-state index contributed by atoms with van der Waals surface area (Å²) in [6, 6.07) is 3.99. The molecular formula is C16H21FN2O2. The highest BCUT2D eigenvalue weighted by Gasteiger charge is 2.38. The summed E-state index contributed by atoms with van der Waals surface area (Å²) in [5, 5.41) is 2.75. The monoisotopic (exact) mass is 292 g/mol. The van der Waals surface area contributed by atoms with Gasteiger partial charge in [0.1, 0.15) is 11.9 Å². The van der Waals surface area contributed by atoms with Crippen LogP contribution in [0.2, 0.25) is 0 Å². The molecule has 2 amide bonds. The van der Waals surface area contributed by atoms with Gasteiger partial charge in [-0.25, -0.2) is 4.39 Å². The van der Waals surface area contributed by atoms with Crippen LogP contribution >= 0.6 is 0 Å². The van der Waals surface area contributed by atoms with Crippen LogP contribution in [0.3, 0.4) is 0 Å². The molecule has 21 heavy (non-hydrogen) atoms. The fourth-order valence-corrected chi connectivity index (χ4v) is 2.43. The van der Waals surface area contributed by atoms with Crippen LogP contribution in [0, 0.1) is 18.2 Å². The first-order chi connectivity index (χ1) is 9.70. The second-order valence-electron chi connectivity index (χ2n) is 6.56. The van der Waals surface area contributed by atoms with E-state index < -0.39 is 17.3 Å². The van der Waals surface area contributed by atoms with Gasteiger partial charge in [0.15, 0.2) is 0 Å². The molecule has 1 saturated heterocycles. The van der Waals surface area contributed by atoms with Crippen LogP contribution in [-0.2, 0) is 9.59 Å². The summed E-state index contributed by atoms with van der Waals surface area (Å²) < 4.78 is 14.1. The van der Waals surface area contributed by atoms with Crippen molar-refractivity contribution in [2.24, 2.45) is 5.41 Å². The highest BCUT2D eigenvalue weighted by molar-refractivity contribution is 6.01. The Morgan fingerprint density at radius 2 is 1.95 bits per heavy atom. The summed E-state index contributed by atoms with van der Waals surface area (Å²) in [5.41, 5.74) is 0.677. The number of anilines is 1. The van der Waals surface area contributed by atoms with E-state index in [2.05, 4.69) is 5.32 Å².